The Kier molecular flexibility index (Phi) is 6.08. The van der Waals surface area contributed by atoms with Gasteiger partial charge in [0.25, 0.3) is 0 Å². The topological polar surface area (TPSA) is 36.4 Å². The highest BCUT2D eigenvalue weighted by molar-refractivity contribution is 8.00. The summed E-state index contributed by atoms with van der Waals surface area (Å²) in [6, 6.07) is 10.5. The van der Waals surface area contributed by atoms with Crippen molar-refractivity contribution < 1.29 is 0 Å². The standard InChI is InChI=1S/C15H23N3S/c1-16-15(18-12-14-8-5-11-19-14)17-10-9-13-6-3-2-4-7-13/h2-4,6-7,14H,5,8-12H2,1H3,(H2,16,17,18). The minimum Gasteiger partial charge on any atom is -0.356 e. The second-order valence-electron chi connectivity index (χ2n) is 4.75. The Morgan fingerprint density at radius 2 is 2.16 bits per heavy atom. The number of hydrogen-bond donors (Lipinski definition) is 2. The van der Waals surface area contributed by atoms with Crippen LogP contribution >= 0.6 is 11.8 Å². The van der Waals surface area contributed by atoms with Crippen LogP contribution < -0.4 is 10.6 Å². The smallest absolute Gasteiger partial charge is 0.191 e. The van der Waals surface area contributed by atoms with E-state index < -0.39 is 0 Å². The second kappa shape index (κ2) is 8.10. The molecular weight excluding hydrogens is 254 g/mol. The van der Waals surface area contributed by atoms with E-state index in [9.17, 15) is 0 Å². The first-order chi connectivity index (χ1) is 9.38. The minimum atomic E-state index is 0.757. The van der Waals surface area contributed by atoms with Crippen molar-refractivity contribution in [2.24, 2.45) is 4.99 Å². The van der Waals surface area contributed by atoms with Crippen molar-refractivity contribution in [2.75, 3.05) is 25.9 Å². The Labute approximate surface area is 120 Å². The van der Waals surface area contributed by atoms with Crippen LogP contribution in [0.5, 0.6) is 0 Å². The van der Waals surface area contributed by atoms with Crippen LogP contribution in [-0.2, 0) is 6.42 Å². The molecule has 1 aromatic rings. The Morgan fingerprint density at radius 1 is 1.32 bits per heavy atom. The summed E-state index contributed by atoms with van der Waals surface area (Å²) in [5, 5.41) is 7.54. The lowest BCUT2D eigenvalue weighted by atomic mass is 10.1. The Morgan fingerprint density at radius 3 is 2.84 bits per heavy atom. The molecule has 0 bridgehead atoms. The molecule has 2 N–H and O–H groups in total. The number of thioether (sulfide) groups is 1. The van der Waals surface area contributed by atoms with Gasteiger partial charge in [-0.25, -0.2) is 0 Å². The van der Waals surface area contributed by atoms with E-state index >= 15 is 0 Å². The van der Waals surface area contributed by atoms with Crippen molar-refractivity contribution in [3.63, 3.8) is 0 Å². The molecule has 1 fully saturated rings. The zero-order valence-corrected chi connectivity index (χ0v) is 12.4. The maximum absolute atomic E-state index is 4.27. The molecule has 1 atom stereocenters. The zero-order chi connectivity index (χ0) is 13.3. The van der Waals surface area contributed by atoms with Gasteiger partial charge in [0, 0.05) is 25.4 Å². The molecule has 1 aromatic carbocycles. The molecule has 4 heteroatoms. The number of nitrogens with one attached hydrogen (secondary N) is 2. The number of rotatable bonds is 5. The van der Waals surface area contributed by atoms with Crippen molar-refractivity contribution in [1.29, 1.82) is 0 Å². The van der Waals surface area contributed by atoms with Crippen LogP contribution in [0.1, 0.15) is 18.4 Å². The summed E-state index contributed by atoms with van der Waals surface area (Å²) in [5.74, 6) is 2.23. The van der Waals surface area contributed by atoms with Crippen LogP contribution in [0.4, 0.5) is 0 Å². The normalized spacial score (nSPS) is 19.4. The molecule has 0 amide bonds. The van der Waals surface area contributed by atoms with Gasteiger partial charge in [0.2, 0.25) is 0 Å². The Bertz CT molecular complexity index is 386. The predicted molar refractivity (Wildman–Crippen MR) is 85.0 cm³/mol. The molecule has 0 aliphatic carbocycles. The molecule has 2 rings (SSSR count). The molecule has 104 valence electrons. The second-order valence-corrected chi connectivity index (χ2v) is 6.16. The van der Waals surface area contributed by atoms with Gasteiger partial charge in [-0.1, -0.05) is 30.3 Å². The molecular formula is C15H23N3S. The largest absolute Gasteiger partial charge is 0.356 e. The van der Waals surface area contributed by atoms with Crippen LogP contribution in [0.15, 0.2) is 35.3 Å². The fraction of sp³-hybridized carbons (Fsp3) is 0.533. The van der Waals surface area contributed by atoms with E-state index in [0.29, 0.717) is 0 Å². The van der Waals surface area contributed by atoms with E-state index in [-0.39, 0.29) is 0 Å². The van der Waals surface area contributed by atoms with Crippen LogP contribution in [-0.4, -0.2) is 37.1 Å². The molecule has 0 saturated carbocycles. The first kappa shape index (κ1) is 14.3. The van der Waals surface area contributed by atoms with Crippen molar-refractivity contribution in [1.82, 2.24) is 10.6 Å². The molecule has 0 aromatic heterocycles. The summed E-state index contributed by atoms with van der Waals surface area (Å²) in [4.78, 5) is 4.27. The summed E-state index contributed by atoms with van der Waals surface area (Å²) < 4.78 is 0. The van der Waals surface area contributed by atoms with Gasteiger partial charge in [0.1, 0.15) is 0 Å². The lowest BCUT2D eigenvalue weighted by Gasteiger charge is -2.14. The first-order valence-electron chi connectivity index (χ1n) is 6.98. The highest BCUT2D eigenvalue weighted by Crippen LogP contribution is 2.25. The van der Waals surface area contributed by atoms with Crippen LogP contribution in [0.2, 0.25) is 0 Å². The lowest BCUT2D eigenvalue weighted by molar-refractivity contribution is 0.724. The summed E-state index contributed by atoms with van der Waals surface area (Å²) >= 11 is 2.07. The Hall–Kier alpha value is -1.16. The van der Waals surface area contributed by atoms with Crippen LogP contribution in [0.25, 0.3) is 0 Å². The predicted octanol–water partition coefficient (Wildman–Crippen LogP) is 2.29. The highest BCUT2D eigenvalue weighted by atomic mass is 32.2. The van der Waals surface area contributed by atoms with Gasteiger partial charge in [-0.3, -0.25) is 4.99 Å². The third kappa shape index (κ3) is 5.15. The van der Waals surface area contributed by atoms with E-state index in [1.165, 1.54) is 24.2 Å². The Balaban J connectivity index is 1.65. The quantitative estimate of drug-likeness (QED) is 0.640. The molecule has 0 spiro atoms. The van der Waals surface area contributed by atoms with E-state index in [2.05, 4.69) is 57.7 Å². The fourth-order valence-electron chi connectivity index (χ4n) is 2.21. The minimum absolute atomic E-state index is 0.757. The number of aliphatic imine (C=N–C) groups is 1. The third-order valence-electron chi connectivity index (χ3n) is 3.29. The number of hydrogen-bond acceptors (Lipinski definition) is 2. The maximum atomic E-state index is 4.27. The van der Waals surface area contributed by atoms with Crippen molar-refractivity contribution in [2.45, 2.75) is 24.5 Å². The van der Waals surface area contributed by atoms with E-state index in [4.69, 9.17) is 0 Å². The molecule has 19 heavy (non-hydrogen) atoms. The number of nitrogens with zero attached hydrogens (tertiary/aromatic N) is 1. The van der Waals surface area contributed by atoms with Crippen LogP contribution in [0, 0.1) is 0 Å². The highest BCUT2D eigenvalue weighted by Gasteiger charge is 2.15. The zero-order valence-electron chi connectivity index (χ0n) is 11.6. The first-order valence-corrected chi connectivity index (χ1v) is 8.03. The lowest BCUT2D eigenvalue weighted by Crippen LogP contribution is -2.40. The summed E-state index contributed by atoms with van der Waals surface area (Å²) in [5.41, 5.74) is 1.36. The summed E-state index contributed by atoms with van der Waals surface area (Å²) in [6.45, 7) is 1.94. The van der Waals surface area contributed by atoms with Gasteiger partial charge in [-0.15, -0.1) is 0 Å². The van der Waals surface area contributed by atoms with Gasteiger partial charge in [0.05, 0.1) is 0 Å². The van der Waals surface area contributed by atoms with Gasteiger partial charge >= 0.3 is 0 Å². The molecule has 3 nitrogen and oxygen atoms in total. The fourth-order valence-corrected chi connectivity index (χ4v) is 3.41. The van der Waals surface area contributed by atoms with E-state index in [0.717, 1.165) is 30.7 Å². The monoisotopic (exact) mass is 277 g/mol. The molecule has 1 saturated heterocycles. The van der Waals surface area contributed by atoms with Crippen LogP contribution in [0.3, 0.4) is 0 Å². The SMILES string of the molecule is CN=C(NCCc1ccccc1)NCC1CCCS1. The maximum Gasteiger partial charge on any atom is 0.191 e. The molecule has 0 radical (unpaired) electrons. The molecule has 1 aliphatic rings. The van der Waals surface area contributed by atoms with Gasteiger partial charge in [0.15, 0.2) is 5.96 Å². The number of benzene rings is 1. The third-order valence-corrected chi connectivity index (χ3v) is 4.69. The van der Waals surface area contributed by atoms with Gasteiger partial charge in [-0.2, -0.15) is 11.8 Å². The average Bonchev–Trinajstić information content (AvgIpc) is 2.97. The molecule has 1 unspecified atom stereocenters. The number of guanidine groups is 1. The average molecular weight is 277 g/mol. The summed E-state index contributed by atoms with van der Waals surface area (Å²) in [6.07, 6.45) is 3.72. The molecule has 1 aliphatic heterocycles. The van der Waals surface area contributed by atoms with Crippen molar-refractivity contribution >= 4 is 17.7 Å². The van der Waals surface area contributed by atoms with E-state index in [1.54, 1.807) is 0 Å². The van der Waals surface area contributed by atoms with Crippen molar-refractivity contribution in [3.8, 4) is 0 Å². The van der Waals surface area contributed by atoms with Gasteiger partial charge < -0.3 is 10.6 Å². The molecule has 1 heterocycles. The van der Waals surface area contributed by atoms with Crippen molar-refractivity contribution in [3.05, 3.63) is 35.9 Å². The van der Waals surface area contributed by atoms with E-state index in [1.807, 2.05) is 7.05 Å². The van der Waals surface area contributed by atoms with Gasteiger partial charge in [-0.05, 0) is 30.6 Å². The summed E-state index contributed by atoms with van der Waals surface area (Å²) in [7, 11) is 1.83.